The lowest BCUT2D eigenvalue weighted by Gasteiger charge is -2.19. The molecule has 2 N–H and O–H groups in total. The van der Waals surface area contributed by atoms with Crippen LogP contribution < -0.4 is 10.2 Å². The van der Waals surface area contributed by atoms with Crippen molar-refractivity contribution in [2.24, 2.45) is 5.92 Å². The summed E-state index contributed by atoms with van der Waals surface area (Å²) in [7, 11) is 0. The highest BCUT2D eigenvalue weighted by Crippen LogP contribution is 2.33. The van der Waals surface area contributed by atoms with Gasteiger partial charge in [0.25, 0.3) is 0 Å². The number of aromatic amines is 1. The number of carbonyl (C=O) groups excluding carboxylic acids is 1. The van der Waals surface area contributed by atoms with Crippen molar-refractivity contribution in [3.63, 3.8) is 0 Å². The van der Waals surface area contributed by atoms with E-state index in [0.717, 1.165) is 60.0 Å². The summed E-state index contributed by atoms with van der Waals surface area (Å²) in [5.74, 6) is 1.22. The summed E-state index contributed by atoms with van der Waals surface area (Å²) in [5, 5.41) is 6.41. The highest BCUT2D eigenvalue weighted by molar-refractivity contribution is 6.10. The Balaban J connectivity index is 1.50. The van der Waals surface area contributed by atoms with Crippen LogP contribution >= 0.6 is 0 Å². The first-order valence-corrected chi connectivity index (χ1v) is 8.56. The van der Waals surface area contributed by atoms with Crippen molar-refractivity contribution in [1.82, 2.24) is 20.3 Å². The topological polar surface area (TPSA) is 73.9 Å². The largest absolute Gasteiger partial charge is 0.355 e. The molecule has 1 amide bonds. The van der Waals surface area contributed by atoms with Crippen LogP contribution in [0.4, 0.5) is 5.82 Å². The minimum atomic E-state index is 0.0613. The zero-order valence-electron chi connectivity index (χ0n) is 13.3. The van der Waals surface area contributed by atoms with Crippen molar-refractivity contribution >= 4 is 33.5 Å². The molecule has 6 nitrogen and oxygen atoms in total. The predicted molar refractivity (Wildman–Crippen MR) is 92.9 cm³/mol. The summed E-state index contributed by atoms with van der Waals surface area (Å²) in [4.78, 5) is 26.8. The second kappa shape index (κ2) is 5.19. The van der Waals surface area contributed by atoms with Crippen LogP contribution in [-0.2, 0) is 4.79 Å². The van der Waals surface area contributed by atoms with Gasteiger partial charge in [-0.2, -0.15) is 0 Å². The number of rotatable bonds is 3. The molecule has 2 fully saturated rings. The van der Waals surface area contributed by atoms with Crippen LogP contribution in [-0.4, -0.2) is 40.0 Å². The first-order chi connectivity index (χ1) is 11.8. The maximum atomic E-state index is 12.3. The molecule has 1 atom stereocenters. The van der Waals surface area contributed by atoms with E-state index in [4.69, 9.17) is 0 Å². The molecule has 0 bridgehead atoms. The predicted octanol–water partition coefficient (Wildman–Crippen LogP) is 2.22. The standard InChI is InChI=1S/C18H19N5O/c24-18(22-13-1-2-13)12-5-8-23(10-12)17-15-11(3-6-20-17)9-21-16-14(15)4-7-19-16/h3-4,6-7,9,12-13H,1-2,5,8,10H2,(H,19,21)(H,22,24). The minimum Gasteiger partial charge on any atom is -0.355 e. The fourth-order valence-electron chi connectivity index (χ4n) is 3.61. The third-order valence-corrected chi connectivity index (χ3v) is 5.07. The second-order valence-corrected chi connectivity index (χ2v) is 6.81. The van der Waals surface area contributed by atoms with Gasteiger partial charge in [0.05, 0.1) is 5.92 Å². The van der Waals surface area contributed by atoms with Crippen molar-refractivity contribution < 1.29 is 4.79 Å². The van der Waals surface area contributed by atoms with Gasteiger partial charge in [-0.3, -0.25) is 4.79 Å². The Hall–Kier alpha value is -2.63. The van der Waals surface area contributed by atoms with Crippen molar-refractivity contribution in [2.45, 2.75) is 25.3 Å². The second-order valence-electron chi connectivity index (χ2n) is 6.81. The normalized spacial score (nSPS) is 20.8. The van der Waals surface area contributed by atoms with Gasteiger partial charge in [-0.1, -0.05) is 0 Å². The fourth-order valence-corrected chi connectivity index (χ4v) is 3.61. The van der Waals surface area contributed by atoms with E-state index in [-0.39, 0.29) is 11.8 Å². The Morgan fingerprint density at radius 1 is 1.25 bits per heavy atom. The van der Waals surface area contributed by atoms with Crippen LogP contribution in [0.15, 0.2) is 30.7 Å². The molecule has 2 aliphatic rings. The number of nitrogens with one attached hydrogen (secondary N) is 2. The molecule has 5 rings (SSSR count). The molecule has 1 unspecified atom stereocenters. The maximum Gasteiger partial charge on any atom is 0.225 e. The van der Waals surface area contributed by atoms with Crippen LogP contribution in [0.25, 0.3) is 21.8 Å². The highest BCUT2D eigenvalue weighted by Gasteiger charge is 2.33. The zero-order valence-corrected chi connectivity index (χ0v) is 13.3. The molecular formula is C18H19N5O. The summed E-state index contributed by atoms with van der Waals surface area (Å²) in [5.41, 5.74) is 0.874. The van der Waals surface area contributed by atoms with Gasteiger partial charge in [0.15, 0.2) is 0 Å². The van der Waals surface area contributed by atoms with E-state index in [2.05, 4.69) is 25.2 Å². The molecule has 1 aliphatic carbocycles. The van der Waals surface area contributed by atoms with Gasteiger partial charge < -0.3 is 15.2 Å². The van der Waals surface area contributed by atoms with E-state index in [9.17, 15) is 4.79 Å². The minimum absolute atomic E-state index is 0.0613. The van der Waals surface area contributed by atoms with Gasteiger partial charge in [-0.25, -0.2) is 9.97 Å². The molecule has 4 heterocycles. The molecule has 0 spiro atoms. The van der Waals surface area contributed by atoms with Crippen LogP contribution in [0.3, 0.4) is 0 Å². The Morgan fingerprint density at radius 3 is 3.04 bits per heavy atom. The van der Waals surface area contributed by atoms with Gasteiger partial charge in [-0.15, -0.1) is 0 Å². The van der Waals surface area contributed by atoms with Crippen molar-refractivity contribution in [3.05, 3.63) is 30.7 Å². The van der Waals surface area contributed by atoms with Crippen molar-refractivity contribution in [3.8, 4) is 0 Å². The van der Waals surface area contributed by atoms with Crippen molar-refractivity contribution in [2.75, 3.05) is 18.0 Å². The number of pyridine rings is 2. The van der Waals surface area contributed by atoms with Crippen LogP contribution in [0.2, 0.25) is 0 Å². The highest BCUT2D eigenvalue weighted by atomic mass is 16.2. The number of fused-ring (bicyclic) bond motifs is 3. The van der Waals surface area contributed by atoms with Gasteiger partial charge in [0.2, 0.25) is 5.91 Å². The molecular weight excluding hydrogens is 302 g/mol. The Morgan fingerprint density at radius 2 is 2.17 bits per heavy atom. The van der Waals surface area contributed by atoms with Gasteiger partial charge in [-0.05, 0) is 31.4 Å². The lowest BCUT2D eigenvalue weighted by Crippen LogP contribution is -2.34. The van der Waals surface area contributed by atoms with Crippen molar-refractivity contribution in [1.29, 1.82) is 0 Å². The summed E-state index contributed by atoms with van der Waals surface area (Å²) < 4.78 is 0. The zero-order chi connectivity index (χ0) is 16.1. The summed E-state index contributed by atoms with van der Waals surface area (Å²) in [6.07, 6.45) is 8.76. The first kappa shape index (κ1) is 13.8. The average molecular weight is 321 g/mol. The molecule has 3 aromatic rings. The molecule has 0 radical (unpaired) electrons. The molecule has 0 aromatic carbocycles. The lowest BCUT2D eigenvalue weighted by atomic mass is 10.1. The Bertz CT molecular complexity index is 929. The average Bonchev–Trinajstić information content (AvgIpc) is 3.12. The van der Waals surface area contributed by atoms with E-state index in [1.54, 1.807) is 0 Å². The number of hydrogen-bond donors (Lipinski definition) is 2. The van der Waals surface area contributed by atoms with E-state index in [1.807, 2.05) is 30.7 Å². The SMILES string of the molecule is O=C(NC1CC1)C1CCN(c2nccc3cnc4[nH]ccc4c23)C1. The number of hydrogen-bond acceptors (Lipinski definition) is 4. The van der Waals surface area contributed by atoms with E-state index >= 15 is 0 Å². The van der Waals surface area contributed by atoms with Crippen LogP contribution in [0.5, 0.6) is 0 Å². The molecule has 24 heavy (non-hydrogen) atoms. The monoisotopic (exact) mass is 321 g/mol. The molecule has 6 heteroatoms. The summed E-state index contributed by atoms with van der Waals surface area (Å²) in [6, 6.07) is 4.46. The number of amides is 1. The van der Waals surface area contributed by atoms with Gasteiger partial charge in [0.1, 0.15) is 11.5 Å². The quantitative estimate of drug-likeness (QED) is 0.776. The lowest BCUT2D eigenvalue weighted by molar-refractivity contribution is -0.124. The fraction of sp³-hybridized carbons (Fsp3) is 0.389. The summed E-state index contributed by atoms with van der Waals surface area (Å²) >= 11 is 0. The van der Waals surface area contributed by atoms with Crippen LogP contribution in [0.1, 0.15) is 19.3 Å². The van der Waals surface area contributed by atoms with Crippen LogP contribution in [0, 0.1) is 5.92 Å². The first-order valence-electron chi connectivity index (χ1n) is 8.56. The van der Waals surface area contributed by atoms with Gasteiger partial charge >= 0.3 is 0 Å². The number of H-pyrrole nitrogens is 1. The smallest absolute Gasteiger partial charge is 0.225 e. The molecule has 1 aliphatic heterocycles. The Labute approximate surface area is 139 Å². The number of carbonyl (C=O) groups is 1. The molecule has 1 saturated carbocycles. The van der Waals surface area contributed by atoms with E-state index < -0.39 is 0 Å². The number of nitrogens with zero attached hydrogens (tertiary/aromatic N) is 3. The van der Waals surface area contributed by atoms with E-state index in [1.165, 1.54) is 0 Å². The number of anilines is 1. The molecule has 122 valence electrons. The molecule has 3 aromatic heterocycles. The molecule has 1 saturated heterocycles. The third kappa shape index (κ3) is 2.21. The Kier molecular flexibility index (Phi) is 2.98. The maximum absolute atomic E-state index is 12.3. The van der Waals surface area contributed by atoms with Gasteiger partial charge in [0, 0.05) is 53.9 Å². The third-order valence-electron chi connectivity index (χ3n) is 5.07. The number of aromatic nitrogens is 3. The van der Waals surface area contributed by atoms with E-state index in [0.29, 0.717) is 6.04 Å². The summed E-state index contributed by atoms with van der Waals surface area (Å²) in [6.45, 7) is 1.60.